The van der Waals surface area contributed by atoms with Crippen LogP contribution >= 0.6 is 17.9 Å². The van der Waals surface area contributed by atoms with Gasteiger partial charge in [0.05, 0.1) is 0 Å². The van der Waals surface area contributed by atoms with Crippen LogP contribution in [0.1, 0.15) is 112 Å². The molecule has 0 atom stereocenters. The van der Waals surface area contributed by atoms with Crippen LogP contribution in [0.2, 0.25) is 0 Å². The zero-order valence-electron chi connectivity index (χ0n) is 32.0. The minimum atomic E-state index is -3.69. The molecule has 2 aromatic carbocycles. The van der Waals surface area contributed by atoms with E-state index < -0.39 is 15.9 Å². The van der Waals surface area contributed by atoms with Gasteiger partial charge in [0.15, 0.2) is 0 Å². The molecule has 8 fully saturated rings. The molecule has 0 radical (unpaired) electrons. The molecule has 8 saturated carbocycles. The minimum Gasteiger partial charge on any atom is -0.0656 e. The molecular formula is C43H60Cl2O6Te. The Labute approximate surface area is 323 Å². The number of carbonyl (C=O) groups is 2. The van der Waals surface area contributed by atoms with Crippen LogP contribution in [-0.4, -0.2) is 52.3 Å². The van der Waals surface area contributed by atoms with Crippen molar-refractivity contribution in [2.24, 2.45) is 47.3 Å². The molecule has 0 heterocycles. The Kier molecular flexibility index (Phi) is 12.8. The molecule has 52 heavy (non-hydrogen) atoms. The van der Waals surface area contributed by atoms with E-state index in [1.807, 2.05) is 62.4 Å². The van der Waals surface area contributed by atoms with Gasteiger partial charge in [-0.05, 0) is 12.8 Å². The zero-order valence-corrected chi connectivity index (χ0v) is 35.9. The van der Waals surface area contributed by atoms with Crippen molar-refractivity contribution < 1.29 is 28.5 Å². The molecule has 288 valence electrons. The molecule has 8 aliphatic rings. The second kappa shape index (κ2) is 16.6. The molecule has 0 aromatic heterocycles. The van der Waals surface area contributed by atoms with Crippen LogP contribution in [0.3, 0.4) is 0 Å². The van der Waals surface area contributed by atoms with Gasteiger partial charge in [-0.3, -0.25) is 0 Å². The summed E-state index contributed by atoms with van der Waals surface area (Å²) >= 11 is -3.69. The van der Waals surface area contributed by atoms with Gasteiger partial charge >= 0.3 is 279 Å². The van der Waals surface area contributed by atoms with Crippen LogP contribution in [-0.2, 0) is 19.1 Å². The summed E-state index contributed by atoms with van der Waals surface area (Å²) in [5.74, 6) is 5.74. The fourth-order valence-corrected chi connectivity index (χ4v) is 17.2. The number of benzene rings is 2. The molecular weight excluding hydrogens is 811 g/mol. The van der Waals surface area contributed by atoms with Crippen LogP contribution in [0, 0.1) is 47.3 Å². The summed E-state index contributed by atoms with van der Waals surface area (Å²) in [5, 5.41) is 0. The van der Waals surface area contributed by atoms with Gasteiger partial charge in [-0.15, -0.1) is 0 Å². The smallest absolute Gasteiger partial charge is 0.0590 e. The summed E-state index contributed by atoms with van der Waals surface area (Å²) < 4.78 is 25.6. The number of rotatable bonds is 10. The zero-order chi connectivity index (χ0) is 37.3. The van der Waals surface area contributed by atoms with Gasteiger partial charge in [0.1, 0.15) is 0 Å². The largest absolute Gasteiger partial charge is 0.0656 e. The van der Waals surface area contributed by atoms with E-state index in [9.17, 15) is 9.59 Å². The molecule has 0 aliphatic heterocycles. The number of hydrogen-bond donors (Lipinski definition) is 0. The second-order valence-electron chi connectivity index (χ2n) is 16.6. The molecule has 8 aliphatic carbocycles. The molecule has 8 bridgehead atoms. The van der Waals surface area contributed by atoms with Crippen molar-refractivity contribution in [2.45, 2.75) is 123 Å². The second-order valence-corrected chi connectivity index (χ2v) is 29.3. The van der Waals surface area contributed by atoms with E-state index in [1.54, 1.807) is 0 Å². The van der Waals surface area contributed by atoms with Crippen molar-refractivity contribution in [1.82, 2.24) is 0 Å². The maximum absolute atomic E-state index is 12.9. The number of halogens is 2. The van der Waals surface area contributed by atoms with Crippen LogP contribution < -0.4 is 16.7 Å². The molecule has 2 aromatic rings. The maximum atomic E-state index is 12.9. The normalized spacial score (nSPS) is 35.0. The number of esters is 2. The fourth-order valence-electron chi connectivity index (χ4n) is 11.0. The Morgan fingerprint density at radius 1 is 0.577 bits per heavy atom. The average molecular weight is 871 g/mol. The van der Waals surface area contributed by atoms with Gasteiger partial charge in [-0.2, -0.15) is 0 Å². The Balaban J connectivity index is 0.000000884. The van der Waals surface area contributed by atoms with Gasteiger partial charge in [0, 0.05) is 0 Å². The predicted molar refractivity (Wildman–Crippen MR) is 211 cm³/mol. The van der Waals surface area contributed by atoms with Gasteiger partial charge in [-0.1, -0.05) is 34.1 Å². The topological polar surface area (TPSA) is 71.1 Å². The van der Waals surface area contributed by atoms with E-state index in [2.05, 4.69) is 27.7 Å². The van der Waals surface area contributed by atoms with Crippen molar-refractivity contribution in [3.05, 3.63) is 48.5 Å². The van der Waals surface area contributed by atoms with Crippen molar-refractivity contribution in [3.8, 4) is 11.5 Å². The number of ether oxygens (including phenoxy) is 4. The molecule has 9 heteroatoms. The van der Waals surface area contributed by atoms with Crippen molar-refractivity contribution in [3.63, 3.8) is 0 Å². The molecule has 10 rings (SSSR count). The van der Waals surface area contributed by atoms with Gasteiger partial charge in [0.2, 0.25) is 0 Å². The third-order valence-electron chi connectivity index (χ3n) is 13.1. The van der Waals surface area contributed by atoms with Crippen molar-refractivity contribution in [1.29, 1.82) is 0 Å². The Bertz CT molecular complexity index is 1360. The van der Waals surface area contributed by atoms with E-state index in [-0.39, 0.29) is 36.4 Å². The summed E-state index contributed by atoms with van der Waals surface area (Å²) in [7, 11) is 14.1. The van der Waals surface area contributed by atoms with E-state index in [0.29, 0.717) is 35.2 Å². The van der Waals surface area contributed by atoms with E-state index in [4.69, 9.17) is 36.9 Å². The van der Waals surface area contributed by atoms with Crippen LogP contribution in [0.4, 0.5) is 0 Å². The monoisotopic (exact) mass is 872 g/mol. The minimum absolute atomic E-state index is 0.119. The fraction of sp³-hybridized carbons (Fsp3) is 0.674. The summed E-state index contributed by atoms with van der Waals surface area (Å²) in [6, 6.07) is 14.8. The summed E-state index contributed by atoms with van der Waals surface area (Å²) in [6.07, 6.45) is 13.5. The van der Waals surface area contributed by atoms with Crippen LogP contribution in [0.5, 0.6) is 11.5 Å². The van der Waals surface area contributed by atoms with Gasteiger partial charge < -0.3 is 0 Å². The Morgan fingerprint density at radius 2 is 0.846 bits per heavy atom. The summed E-state index contributed by atoms with van der Waals surface area (Å²) in [4.78, 5) is 25.8. The standard InChI is InChI=1S/C38H46Cl2O6Te.C3H8.C2H6/c1-37(27-13-23-11-24(15-27)16-28(37)14-23)45-35(41)21-43-31-3-7-33(8-4-31)47(39,40)34-9-5-32(6-10-34)44-22-36(42)46-38(2)29-17-25-12-26(19-29)20-30(38)18-25;1-3-2;1-2/h3-10,23-30H,11-22H2,1-2H3;3H2,1-2H3;1-2H3. The van der Waals surface area contributed by atoms with Crippen LogP contribution in [0.15, 0.2) is 48.5 Å². The Hall–Kier alpha value is -1.65. The quantitative estimate of drug-likeness (QED) is 0.175. The predicted octanol–water partition coefficient (Wildman–Crippen LogP) is 9.44. The third-order valence-corrected chi connectivity index (χ3v) is 22.9. The van der Waals surface area contributed by atoms with Gasteiger partial charge in [0.25, 0.3) is 0 Å². The first-order chi connectivity index (χ1) is 24.9. The third kappa shape index (κ3) is 8.29. The molecule has 0 unspecified atom stereocenters. The first kappa shape index (κ1) is 40.0. The summed E-state index contributed by atoms with van der Waals surface area (Å²) in [6.45, 7) is 12.3. The first-order valence-electron chi connectivity index (χ1n) is 20.0. The SMILES string of the molecule is CC.CC1(OC(=O)COc2ccc([Te](Cl)(Cl)c3ccc(OCC(=O)OC4(C)C5CC6CC(C5)CC4C6)cc3)cc2)C2CC3CC(C2)CC1C3.CCC. The van der Waals surface area contributed by atoms with E-state index in [0.717, 1.165) is 30.9 Å². The molecule has 0 spiro atoms. The first-order valence-corrected chi connectivity index (χ1v) is 28.2. The van der Waals surface area contributed by atoms with E-state index >= 15 is 0 Å². The molecule has 6 nitrogen and oxygen atoms in total. The van der Waals surface area contributed by atoms with Gasteiger partial charge in [-0.25, -0.2) is 0 Å². The molecule has 0 amide bonds. The van der Waals surface area contributed by atoms with Crippen LogP contribution in [0.25, 0.3) is 0 Å². The molecule has 0 N–H and O–H groups in total. The number of carbonyl (C=O) groups excluding carboxylic acids is 2. The van der Waals surface area contributed by atoms with E-state index in [1.165, 1.54) is 70.6 Å². The van der Waals surface area contributed by atoms with Crippen molar-refractivity contribution >= 4 is 53.0 Å². The van der Waals surface area contributed by atoms with Crippen molar-refractivity contribution in [2.75, 3.05) is 13.2 Å². The molecule has 0 saturated heterocycles. The maximum Gasteiger partial charge on any atom is -0.0590 e. The number of hydrogen-bond acceptors (Lipinski definition) is 6. The summed E-state index contributed by atoms with van der Waals surface area (Å²) in [5.41, 5.74) is -0.725. The Morgan fingerprint density at radius 3 is 1.12 bits per heavy atom. The average Bonchev–Trinajstić information content (AvgIpc) is 3.12.